The van der Waals surface area contributed by atoms with Crippen molar-refractivity contribution in [2.45, 2.75) is 38.8 Å². The molecule has 0 saturated carbocycles. The summed E-state index contributed by atoms with van der Waals surface area (Å²) < 4.78 is 14.7. The van der Waals surface area contributed by atoms with Crippen LogP contribution in [0.4, 0.5) is 10.2 Å². The van der Waals surface area contributed by atoms with E-state index in [2.05, 4.69) is 45.0 Å². The van der Waals surface area contributed by atoms with Crippen LogP contribution in [0, 0.1) is 5.82 Å². The molecule has 1 aliphatic heterocycles. The van der Waals surface area contributed by atoms with E-state index in [9.17, 15) is 4.39 Å². The first kappa shape index (κ1) is 13.7. The fourth-order valence-corrected chi connectivity index (χ4v) is 2.68. The van der Waals surface area contributed by atoms with Crippen molar-refractivity contribution in [1.82, 2.24) is 10.3 Å². The lowest BCUT2D eigenvalue weighted by atomic mass is 10.1. The lowest BCUT2D eigenvalue weighted by molar-refractivity contribution is 0.373. The molecule has 0 bridgehead atoms. The monoisotopic (exact) mass is 315 g/mol. The Hall–Kier alpha value is -0.680. The molecule has 100 valence electrons. The van der Waals surface area contributed by atoms with E-state index in [-0.39, 0.29) is 5.82 Å². The largest absolute Gasteiger partial charge is 0.348 e. The first-order valence-corrected chi connectivity index (χ1v) is 7.26. The first-order valence-electron chi connectivity index (χ1n) is 6.46. The molecule has 1 aliphatic rings. The lowest BCUT2D eigenvalue weighted by Gasteiger charge is -2.40. The minimum atomic E-state index is -0.250. The number of nitrogens with zero attached hydrogens (tertiary/aromatic N) is 2. The van der Waals surface area contributed by atoms with Crippen molar-refractivity contribution in [1.29, 1.82) is 0 Å². The van der Waals surface area contributed by atoms with E-state index < -0.39 is 0 Å². The summed E-state index contributed by atoms with van der Waals surface area (Å²) in [5, 5.41) is 3.50. The van der Waals surface area contributed by atoms with Crippen LogP contribution < -0.4 is 10.2 Å². The van der Waals surface area contributed by atoms with Gasteiger partial charge in [0.2, 0.25) is 0 Å². The zero-order chi connectivity index (χ0) is 13.1. The fraction of sp³-hybridized carbons (Fsp3) is 0.615. The van der Waals surface area contributed by atoms with Crippen molar-refractivity contribution < 1.29 is 4.39 Å². The van der Waals surface area contributed by atoms with Crippen molar-refractivity contribution in [3.05, 3.63) is 22.6 Å². The predicted octanol–water partition coefficient (Wildman–Crippen LogP) is 2.95. The third-order valence-corrected chi connectivity index (χ3v) is 3.96. The van der Waals surface area contributed by atoms with Crippen molar-refractivity contribution in [2.75, 3.05) is 18.0 Å². The van der Waals surface area contributed by atoms with Crippen LogP contribution in [0.15, 0.2) is 16.7 Å². The minimum Gasteiger partial charge on any atom is -0.348 e. The minimum absolute atomic E-state index is 0.250. The summed E-state index contributed by atoms with van der Waals surface area (Å²) >= 11 is 3.24. The van der Waals surface area contributed by atoms with Crippen LogP contribution in [0.2, 0.25) is 0 Å². The molecule has 1 saturated heterocycles. The molecule has 2 unspecified atom stereocenters. The molecule has 1 aromatic rings. The Bertz CT molecular complexity index is 413. The molecule has 0 aromatic carbocycles. The molecule has 1 N–H and O–H groups in total. The van der Waals surface area contributed by atoms with Crippen LogP contribution in [0.3, 0.4) is 0 Å². The molecule has 1 aromatic heterocycles. The van der Waals surface area contributed by atoms with Gasteiger partial charge in [-0.15, -0.1) is 0 Å². The Kier molecular flexibility index (Phi) is 4.56. The van der Waals surface area contributed by atoms with Crippen LogP contribution in [0.5, 0.6) is 0 Å². The Balaban J connectivity index is 2.26. The highest BCUT2D eigenvalue weighted by atomic mass is 79.9. The van der Waals surface area contributed by atoms with E-state index in [4.69, 9.17) is 0 Å². The number of aromatic nitrogens is 1. The highest BCUT2D eigenvalue weighted by Crippen LogP contribution is 2.24. The second-order valence-electron chi connectivity index (χ2n) is 4.69. The maximum Gasteiger partial charge on any atom is 0.166 e. The summed E-state index contributed by atoms with van der Waals surface area (Å²) in [5.41, 5.74) is 0. The number of hydrogen-bond acceptors (Lipinski definition) is 3. The smallest absolute Gasteiger partial charge is 0.166 e. The second kappa shape index (κ2) is 5.97. The molecule has 0 radical (unpaired) electrons. The van der Waals surface area contributed by atoms with Crippen molar-refractivity contribution in [3.8, 4) is 0 Å². The third-order valence-electron chi connectivity index (χ3n) is 3.52. The van der Waals surface area contributed by atoms with Crippen molar-refractivity contribution in [2.24, 2.45) is 0 Å². The van der Waals surface area contributed by atoms with Gasteiger partial charge in [0.1, 0.15) is 0 Å². The molecular weight excluding hydrogens is 297 g/mol. The first-order chi connectivity index (χ1) is 8.65. The van der Waals surface area contributed by atoms with Crippen LogP contribution in [0.1, 0.15) is 26.7 Å². The summed E-state index contributed by atoms with van der Waals surface area (Å²) in [5.74, 6) is 0.226. The standard InChI is InChI=1S/C13H19BrFN3/c1-3-10-8-18(11(4-2)7-16-10)13-12(15)5-9(14)6-17-13/h5-6,10-11,16H,3-4,7-8H2,1-2H3. The molecule has 0 amide bonds. The quantitative estimate of drug-likeness (QED) is 0.929. The number of halogens is 2. The molecule has 3 nitrogen and oxygen atoms in total. The van der Waals surface area contributed by atoms with Gasteiger partial charge in [-0.2, -0.15) is 0 Å². The molecule has 2 heterocycles. The maximum absolute atomic E-state index is 14.0. The van der Waals surface area contributed by atoms with Gasteiger partial charge in [0, 0.05) is 35.8 Å². The molecule has 0 spiro atoms. The van der Waals surface area contributed by atoms with E-state index >= 15 is 0 Å². The van der Waals surface area contributed by atoms with Gasteiger partial charge in [-0.3, -0.25) is 0 Å². The summed E-state index contributed by atoms with van der Waals surface area (Å²) in [6, 6.07) is 2.21. The normalized spacial score (nSPS) is 24.3. The van der Waals surface area contributed by atoms with Crippen LogP contribution in [0.25, 0.3) is 0 Å². The summed E-state index contributed by atoms with van der Waals surface area (Å²) in [7, 11) is 0. The zero-order valence-corrected chi connectivity index (χ0v) is 12.4. The molecule has 5 heteroatoms. The van der Waals surface area contributed by atoms with E-state index in [1.165, 1.54) is 6.07 Å². The Morgan fingerprint density at radius 2 is 2.28 bits per heavy atom. The van der Waals surface area contributed by atoms with Crippen LogP contribution in [-0.2, 0) is 0 Å². The Labute approximate surface area is 116 Å². The maximum atomic E-state index is 14.0. The van der Waals surface area contributed by atoms with Gasteiger partial charge in [0.15, 0.2) is 11.6 Å². The van der Waals surface area contributed by atoms with E-state index in [1.54, 1.807) is 6.20 Å². The van der Waals surface area contributed by atoms with Crippen molar-refractivity contribution >= 4 is 21.7 Å². The SMILES string of the molecule is CCC1CN(c2ncc(Br)cc2F)C(CC)CN1. The van der Waals surface area contributed by atoms with E-state index in [0.717, 1.165) is 25.9 Å². The average molecular weight is 316 g/mol. The van der Waals surface area contributed by atoms with Gasteiger partial charge in [-0.05, 0) is 34.8 Å². The lowest BCUT2D eigenvalue weighted by Crippen LogP contribution is -2.56. The molecule has 0 aliphatic carbocycles. The van der Waals surface area contributed by atoms with Gasteiger partial charge in [0.05, 0.1) is 0 Å². The highest BCUT2D eigenvalue weighted by Gasteiger charge is 2.28. The molecule has 18 heavy (non-hydrogen) atoms. The zero-order valence-electron chi connectivity index (χ0n) is 10.8. The number of pyridine rings is 1. The number of hydrogen-bond donors (Lipinski definition) is 1. The average Bonchev–Trinajstić information content (AvgIpc) is 2.38. The number of piperazine rings is 1. The van der Waals surface area contributed by atoms with Gasteiger partial charge in [-0.1, -0.05) is 13.8 Å². The summed E-state index contributed by atoms with van der Waals surface area (Å²) in [4.78, 5) is 6.35. The Morgan fingerprint density at radius 3 is 2.89 bits per heavy atom. The molecule has 2 atom stereocenters. The molecule has 1 fully saturated rings. The van der Waals surface area contributed by atoms with Gasteiger partial charge in [0.25, 0.3) is 0 Å². The van der Waals surface area contributed by atoms with E-state index in [0.29, 0.717) is 22.4 Å². The Morgan fingerprint density at radius 1 is 1.50 bits per heavy atom. The number of rotatable bonds is 3. The third kappa shape index (κ3) is 2.83. The number of anilines is 1. The van der Waals surface area contributed by atoms with Gasteiger partial charge >= 0.3 is 0 Å². The second-order valence-corrected chi connectivity index (χ2v) is 5.60. The van der Waals surface area contributed by atoms with Gasteiger partial charge < -0.3 is 10.2 Å². The topological polar surface area (TPSA) is 28.2 Å². The molecule has 2 rings (SSSR count). The van der Waals surface area contributed by atoms with Crippen LogP contribution >= 0.6 is 15.9 Å². The highest BCUT2D eigenvalue weighted by molar-refractivity contribution is 9.10. The fourth-order valence-electron chi connectivity index (χ4n) is 2.38. The van der Waals surface area contributed by atoms with Crippen LogP contribution in [-0.4, -0.2) is 30.2 Å². The summed E-state index contributed by atoms with van der Waals surface area (Å²) in [6.45, 7) is 5.99. The summed E-state index contributed by atoms with van der Waals surface area (Å²) in [6.07, 6.45) is 3.69. The van der Waals surface area contributed by atoms with Crippen molar-refractivity contribution in [3.63, 3.8) is 0 Å². The predicted molar refractivity (Wildman–Crippen MR) is 75.4 cm³/mol. The number of nitrogens with one attached hydrogen (secondary N) is 1. The van der Waals surface area contributed by atoms with Gasteiger partial charge in [-0.25, -0.2) is 9.37 Å². The van der Waals surface area contributed by atoms with E-state index in [1.807, 2.05) is 0 Å². The molecular formula is C13H19BrFN3.